The van der Waals surface area contributed by atoms with Crippen LogP contribution in [0.3, 0.4) is 0 Å². The summed E-state index contributed by atoms with van der Waals surface area (Å²) in [6, 6.07) is 5.95. The van der Waals surface area contributed by atoms with E-state index in [4.69, 9.17) is 13.9 Å². The van der Waals surface area contributed by atoms with Crippen molar-refractivity contribution in [3.05, 3.63) is 65.6 Å². The van der Waals surface area contributed by atoms with Crippen LogP contribution in [0.4, 0.5) is 4.79 Å². The minimum Gasteiger partial charge on any atom is -0.493 e. The number of urea groups is 1. The fourth-order valence-electron chi connectivity index (χ4n) is 3.13. The molecule has 1 saturated heterocycles. The summed E-state index contributed by atoms with van der Waals surface area (Å²) in [7, 11) is 1.54. The second-order valence-electron chi connectivity index (χ2n) is 6.43. The number of methoxy groups -OCH3 is 1. The van der Waals surface area contributed by atoms with Gasteiger partial charge in [0.15, 0.2) is 11.5 Å². The van der Waals surface area contributed by atoms with Crippen LogP contribution in [0.1, 0.15) is 23.8 Å². The van der Waals surface area contributed by atoms with Gasteiger partial charge in [0.1, 0.15) is 11.3 Å². The SMILES string of the molecule is C=CCc1cc(C=C2C(=O)NC(=O)N(Cc3ccco3)C2=O)cc(OCC)c1OC. The summed E-state index contributed by atoms with van der Waals surface area (Å²) in [5.74, 6) is -0.00572. The average molecular weight is 410 g/mol. The van der Waals surface area contributed by atoms with E-state index in [2.05, 4.69) is 11.9 Å². The molecule has 1 aliphatic heterocycles. The van der Waals surface area contributed by atoms with Crippen LogP contribution < -0.4 is 14.8 Å². The van der Waals surface area contributed by atoms with Crippen LogP contribution >= 0.6 is 0 Å². The van der Waals surface area contributed by atoms with E-state index in [0.717, 1.165) is 10.5 Å². The maximum atomic E-state index is 12.9. The van der Waals surface area contributed by atoms with Gasteiger partial charge in [-0.2, -0.15) is 0 Å². The number of carbonyl (C=O) groups is 3. The van der Waals surface area contributed by atoms with Gasteiger partial charge in [0.2, 0.25) is 0 Å². The van der Waals surface area contributed by atoms with Crippen molar-refractivity contribution in [2.45, 2.75) is 19.9 Å². The Bertz CT molecular complexity index is 1010. The average Bonchev–Trinajstić information content (AvgIpc) is 3.22. The maximum absolute atomic E-state index is 12.9. The molecule has 0 atom stereocenters. The molecule has 1 fully saturated rings. The molecule has 0 aliphatic carbocycles. The van der Waals surface area contributed by atoms with Crippen molar-refractivity contribution in [3.8, 4) is 11.5 Å². The highest BCUT2D eigenvalue weighted by Crippen LogP contribution is 2.34. The van der Waals surface area contributed by atoms with Gasteiger partial charge in [0, 0.05) is 5.56 Å². The number of furan rings is 1. The summed E-state index contributed by atoms with van der Waals surface area (Å²) in [4.78, 5) is 38.3. The van der Waals surface area contributed by atoms with E-state index < -0.39 is 17.8 Å². The van der Waals surface area contributed by atoms with Crippen molar-refractivity contribution in [1.82, 2.24) is 10.2 Å². The van der Waals surface area contributed by atoms with Crippen LogP contribution in [0.5, 0.6) is 11.5 Å². The van der Waals surface area contributed by atoms with E-state index in [0.29, 0.717) is 35.9 Å². The molecule has 1 aromatic carbocycles. The van der Waals surface area contributed by atoms with Crippen molar-refractivity contribution >= 4 is 23.9 Å². The Kier molecular flexibility index (Phi) is 6.36. The van der Waals surface area contributed by atoms with E-state index in [9.17, 15) is 14.4 Å². The minimum atomic E-state index is -0.796. The first-order chi connectivity index (χ1) is 14.5. The number of allylic oxidation sites excluding steroid dienone is 1. The molecule has 0 unspecified atom stereocenters. The van der Waals surface area contributed by atoms with Crippen molar-refractivity contribution in [2.24, 2.45) is 0 Å². The van der Waals surface area contributed by atoms with Gasteiger partial charge in [-0.15, -0.1) is 6.58 Å². The Balaban J connectivity index is 2.00. The Morgan fingerprint density at radius 1 is 1.27 bits per heavy atom. The first-order valence-electron chi connectivity index (χ1n) is 9.34. The molecule has 1 aromatic heterocycles. The van der Waals surface area contributed by atoms with Gasteiger partial charge in [-0.05, 0) is 49.2 Å². The highest BCUT2D eigenvalue weighted by atomic mass is 16.5. The zero-order valence-electron chi connectivity index (χ0n) is 16.8. The largest absolute Gasteiger partial charge is 0.493 e. The van der Waals surface area contributed by atoms with Gasteiger partial charge in [0.25, 0.3) is 11.8 Å². The number of nitrogens with zero attached hydrogens (tertiary/aromatic N) is 1. The molecule has 1 aliphatic rings. The normalized spacial score (nSPS) is 15.3. The number of imide groups is 2. The molecule has 8 heteroatoms. The third kappa shape index (κ3) is 4.27. The molecule has 156 valence electrons. The third-order valence-corrected chi connectivity index (χ3v) is 4.41. The van der Waals surface area contributed by atoms with E-state index in [1.165, 1.54) is 12.3 Å². The molecule has 30 heavy (non-hydrogen) atoms. The number of carbonyl (C=O) groups excluding carboxylic acids is 3. The first kappa shape index (κ1) is 20.9. The summed E-state index contributed by atoms with van der Waals surface area (Å²) in [6.45, 7) is 5.91. The molecule has 0 bridgehead atoms. The van der Waals surface area contributed by atoms with Crippen LogP contribution in [0.25, 0.3) is 6.08 Å². The molecule has 8 nitrogen and oxygen atoms in total. The van der Waals surface area contributed by atoms with Crippen LogP contribution in [0.15, 0.2) is 53.2 Å². The number of barbiturate groups is 1. The van der Waals surface area contributed by atoms with Gasteiger partial charge in [-0.25, -0.2) is 4.79 Å². The second-order valence-corrected chi connectivity index (χ2v) is 6.43. The summed E-state index contributed by atoms with van der Waals surface area (Å²) in [6.07, 6.45) is 5.08. The minimum absolute atomic E-state index is 0.0865. The highest BCUT2D eigenvalue weighted by molar-refractivity contribution is 6.30. The Morgan fingerprint density at radius 3 is 2.70 bits per heavy atom. The molecule has 2 heterocycles. The number of ether oxygens (including phenoxy) is 2. The third-order valence-electron chi connectivity index (χ3n) is 4.41. The van der Waals surface area contributed by atoms with Crippen molar-refractivity contribution in [2.75, 3.05) is 13.7 Å². The molecule has 4 amide bonds. The summed E-state index contributed by atoms with van der Waals surface area (Å²) in [5, 5.41) is 2.19. The quantitative estimate of drug-likeness (QED) is 0.408. The predicted octanol–water partition coefficient (Wildman–Crippen LogP) is 3.08. The van der Waals surface area contributed by atoms with Crippen molar-refractivity contribution in [3.63, 3.8) is 0 Å². The van der Waals surface area contributed by atoms with E-state index in [1.807, 2.05) is 6.92 Å². The molecular formula is C22H22N2O6. The molecule has 0 spiro atoms. The zero-order chi connectivity index (χ0) is 21.7. The van der Waals surface area contributed by atoms with E-state index in [-0.39, 0.29) is 12.1 Å². The van der Waals surface area contributed by atoms with Gasteiger partial charge in [0.05, 0.1) is 26.5 Å². The molecule has 3 rings (SSSR count). The number of benzene rings is 1. The summed E-state index contributed by atoms with van der Waals surface area (Å²) in [5.41, 5.74) is 1.18. The number of hydrogen-bond acceptors (Lipinski definition) is 6. The molecule has 1 N–H and O–H groups in total. The predicted molar refractivity (Wildman–Crippen MR) is 109 cm³/mol. The second kappa shape index (κ2) is 9.13. The fraction of sp³-hybridized carbons (Fsp3) is 0.227. The first-order valence-corrected chi connectivity index (χ1v) is 9.34. The van der Waals surface area contributed by atoms with Crippen LogP contribution in [-0.4, -0.2) is 36.5 Å². The van der Waals surface area contributed by atoms with E-state index in [1.54, 1.807) is 37.5 Å². The number of rotatable bonds is 8. The topological polar surface area (TPSA) is 98.1 Å². The number of amides is 4. The van der Waals surface area contributed by atoms with Gasteiger partial charge in [-0.3, -0.25) is 19.8 Å². The molecule has 2 aromatic rings. The van der Waals surface area contributed by atoms with Crippen molar-refractivity contribution in [1.29, 1.82) is 0 Å². The fourth-order valence-corrected chi connectivity index (χ4v) is 3.13. The maximum Gasteiger partial charge on any atom is 0.331 e. The highest BCUT2D eigenvalue weighted by Gasteiger charge is 2.36. The monoisotopic (exact) mass is 410 g/mol. The Hall–Kier alpha value is -3.81. The Labute approximate surface area is 173 Å². The van der Waals surface area contributed by atoms with E-state index >= 15 is 0 Å². The lowest BCUT2D eigenvalue weighted by molar-refractivity contribution is -0.130. The van der Waals surface area contributed by atoms with Crippen LogP contribution in [0.2, 0.25) is 0 Å². The molecule has 0 radical (unpaired) electrons. The summed E-state index contributed by atoms with van der Waals surface area (Å²) < 4.78 is 16.3. The number of hydrogen-bond donors (Lipinski definition) is 1. The standard InChI is InChI=1S/C22H22N2O6/c1-4-7-15-10-14(12-18(29-5-2)19(15)28-3)11-17-20(25)23-22(27)24(21(17)26)13-16-8-6-9-30-16/h4,6,8-12H,1,5,7,13H2,2-3H3,(H,23,25,27). The van der Waals surface area contributed by atoms with Gasteiger partial charge >= 0.3 is 6.03 Å². The van der Waals surface area contributed by atoms with Crippen molar-refractivity contribution < 1.29 is 28.3 Å². The lowest BCUT2D eigenvalue weighted by Crippen LogP contribution is -2.53. The van der Waals surface area contributed by atoms with Crippen LogP contribution in [0, 0.1) is 0 Å². The van der Waals surface area contributed by atoms with Gasteiger partial charge < -0.3 is 13.9 Å². The smallest absolute Gasteiger partial charge is 0.331 e. The molecular weight excluding hydrogens is 388 g/mol. The lowest BCUT2D eigenvalue weighted by atomic mass is 10.0. The zero-order valence-corrected chi connectivity index (χ0v) is 16.8. The molecule has 0 saturated carbocycles. The number of nitrogens with one attached hydrogen (secondary N) is 1. The summed E-state index contributed by atoms with van der Waals surface area (Å²) >= 11 is 0. The van der Waals surface area contributed by atoms with Crippen LogP contribution in [-0.2, 0) is 22.6 Å². The Morgan fingerprint density at radius 2 is 2.07 bits per heavy atom. The van der Waals surface area contributed by atoms with Gasteiger partial charge in [-0.1, -0.05) is 6.08 Å². The lowest BCUT2D eigenvalue weighted by Gasteiger charge is -2.25.